The maximum atomic E-state index is 13.6. The number of hydrogen-bond donors (Lipinski definition) is 0. The van der Waals surface area contributed by atoms with Crippen LogP contribution in [0.15, 0.2) is 60.0 Å². The minimum atomic E-state index is -0.232. The Morgan fingerprint density at radius 1 is 0.838 bits per heavy atom. The van der Waals surface area contributed by atoms with Gasteiger partial charge in [-0.25, -0.2) is 0 Å². The van der Waals surface area contributed by atoms with Crippen LogP contribution in [0, 0.1) is 0 Å². The molecule has 1 aromatic heterocycles. The lowest BCUT2D eigenvalue weighted by molar-refractivity contribution is -0.132. The first-order chi connectivity index (χ1) is 18.0. The molecule has 0 spiro atoms. The minimum absolute atomic E-state index is 0.0501. The van der Waals surface area contributed by atoms with Crippen molar-refractivity contribution in [1.29, 1.82) is 0 Å². The number of thiophene rings is 1. The monoisotopic (exact) mass is 526 g/mol. The van der Waals surface area contributed by atoms with E-state index in [1.807, 2.05) is 35.7 Å². The van der Waals surface area contributed by atoms with Gasteiger partial charge in [-0.15, -0.1) is 11.3 Å². The van der Waals surface area contributed by atoms with Crippen LogP contribution in [0.3, 0.4) is 0 Å². The first-order valence-electron chi connectivity index (χ1n) is 11.9. The lowest BCUT2D eigenvalue weighted by atomic mass is 10.1. The maximum absolute atomic E-state index is 13.6. The van der Waals surface area contributed by atoms with Crippen molar-refractivity contribution in [1.82, 2.24) is 9.80 Å². The van der Waals surface area contributed by atoms with E-state index >= 15 is 0 Å². The van der Waals surface area contributed by atoms with Crippen molar-refractivity contribution in [2.24, 2.45) is 0 Å². The van der Waals surface area contributed by atoms with Crippen LogP contribution in [0.1, 0.15) is 20.8 Å². The summed E-state index contributed by atoms with van der Waals surface area (Å²) in [7, 11) is 6.35. The van der Waals surface area contributed by atoms with E-state index in [0.717, 1.165) is 10.4 Å². The molecule has 3 aromatic rings. The van der Waals surface area contributed by atoms with E-state index in [0.29, 0.717) is 55.5 Å². The topological polar surface area (TPSA) is 77.5 Å². The number of nitrogens with zero attached hydrogens (tertiary/aromatic N) is 2. The largest absolute Gasteiger partial charge is 0.497 e. The van der Waals surface area contributed by atoms with Gasteiger partial charge in [-0.3, -0.25) is 9.59 Å². The van der Waals surface area contributed by atoms with Gasteiger partial charge in [0, 0.05) is 30.6 Å². The Bertz CT molecular complexity index is 1130. The molecule has 0 radical (unpaired) electrons. The van der Waals surface area contributed by atoms with E-state index in [2.05, 4.69) is 0 Å². The van der Waals surface area contributed by atoms with Crippen molar-refractivity contribution in [2.45, 2.75) is 13.0 Å². The molecule has 0 aliphatic carbocycles. The highest BCUT2D eigenvalue weighted by Crippen LogP contribution is 2.28. The van der Waals surface area contributed by atoms with E-state index in [-0.39, 0.29) is 18.4 Å². The molecule has 0 fully saturated rings. The summed E-state index contributed by atoms with van der Waals surface area (Å²) in [5, 5.41) is 1.99. The van der Waals surface area contributed by atoms with Gasteiger partial charge in [-0.1, -0.05) is 12.1 Å². The Morgan fingerprint density at radius 2 is 1.59 bits per heavy atom. The van der Waals surface area contributed by atoms with Crippen molar-refractivity contribution in [2.75, 3.05) is 54.7 Å². The van der Waals surface area contributed by atoms with Gasteiger partial charge in [0.2, 0.25) is 5.91 Å². The normalized spacial score (nSPS) is 10.6. The summed E-state index contributed by atoms with van der Waals surface area (Å²) in [4.78, 5) is 31.2. The zero-order valence-corrected chi connectivity index (χ0v) is 22.6. The van der Waals surface area contributed by atoms with Crippen LogP contribution in [0.4, 0.5) is 0 Å². The molecule has 0 saturated heterocycles. The Kier molecular flexibility index (Phi) is 10.8. The SMILES string of the molecule is COCCN(CC(=O)N(CCc1ccc(OC)c(OC)c1)Cc1cccs1)C(=O)c1ccc(OC)cc1. The summed E-state index contributed by atoms with van der Waals surface area (Å²) in [5.41, 5.74) is 1.51. The summed E-state index contributed by atoms with van der Waals surface area (Å²) >= 11 is 1.60. The predicted octanol–water partition coefficient (Wildman–Crippen LogP) is 4.13. The van der Waals surface area contributed by atoms with Gasteiger partial charge in [0.05, 0.1) is 34.5 Å². The Balaban J connectivity index is 1.76. The lowest BCUT2D eigenvalue weighted by Crippen LogP contribution is -2.44. The van der Waals surface area contributed by atoms with Crippen LogP contribution in [0.25, 0.3) is 0 Å². The molecule has 8 nitrogen and oxygen atoms in total. The minimum Gasteiger partial charge on any atom is -0.497 e. The van der Waals surface area contributed by atoms with Gasteiger partial charge in [0.1, 0.15) is 12.3 Å². The summed E-state index contributed by atoms with van der Waals surface area (Å²) in [6.07, 6.45) is 0.627. The molecule has 0 atom stereocenters. The summed E-state index contributed by atoms with van der Waals surface area (Å²) in [5.74, 6) is 1.60. The number of benzene rings is 2. The molecule has 0 bridgehead atoms. The quantitative estimate of drug-likeness (QED) is 0.314. The molecule has 0 aliphatic rings. The second-order valence-corrected chi connectivity index (χ2v) is 9.31. The molecule has 198 valence electrons. The maximum Gasteiger partial charge on any atom is 0.254 e. The van der Waals surface area contributed by atoms with Crippen molar-refractivity contribution in [3.63, 3.8) is 0 Å². The Hall–Kier alpha value is -3.56. The molecular weight excluding hydrogens is 492 g/mol. The van der Waals surface area contributed by atoms with Crippen molar-refractivity contribution in [3.05, 3.63) is 76.0 Å². The molecule has 0 unspecified atom stereocenters. The Labute approximate surface area is 222 Å². The molecule has 37 heavy (non-hydrogen) atoms. The smallest absolute Gasteiger partial charge is 0.254 e. The van der Waals surface area contributed by atoms with Gasteiger partial charge < -0.3 is 28.7 Å². The van der Waals surface area contributed by atoms with E-state index in [9.17, 15) is 9.59 Å². The molecular formula is C28H34N2O6S. The number of carbonyl (C=O) groups is 2. The van der Waals surface area contributed by atoms with Crippen LogP contribution >= 0.6 is 11.3 Å². The molecule has 0 saturated carbocycles. The van der Waals surface area contributed by atoms with E-state index < -0.39 is 0 Å². The fourth-order valence-corrected chi connectivity index (χ4v) is 4.54. The molecule has 0 N–H and O–H groups in total. The van der Waals surface area contributed by atoms with Crippen molar-refractivity contribution in [3.8, 4) is 17.2 Å². The summed E-state index contributed by atoms with van der Waals surface area (Å²) in [6, 6.07) is 16.6. The van der Waals surface area contributed by atoms with Gasteiger partial charge in [-0.2, -0.15) is 0 Å². The zero-order chi connectivity index (χ0) is 26.6. The number of carbonyl (C=O) groups excluding carboxylic acids is 2. The van der Waals surface area contributed by atoms with E-state index in [1.54, 1.807) is 68.9 Å². The number of rotatable bonds is 14. The summed E-state index contributed by atoms with van der Waals surface area (Å²) in [6.45, 7) is 1.53. The average Bonchev–Trinajstić information content (AvgIpc) is 3.45. The van der Waals surface area contributed by atoms with Crippen LogP contribution in [0.2, 0.25) is 0 Å². The number of hydrogen-bond acceptors (Lipinski definition) is 7. The lowest BCUT2D eigenvalue weighted by Gasteiger charge is -2.28. The summed E-state index contributed by atoms with van der Waals surface area (Å²) < 4.78 is 21.2. The molecule has 0 aliphatic heterocycles. The van der Waals surface area contributed by atoms with E-state index in [1.165, 1.54) is 4.90 Å². The predicted molar refractivity (Wildman–Crippen MR) is 144 cm³/mol. The molecule has 9 heteroatoms. The number of ether oxygens (including phenoxy) is 4. The second kappa shape index (κ2) is 14.2. The fourth-order valence-electron chi connectivity index (χ4n) is 3.82. The van der Waals surface area contributed by atoms with Crippen molar-refractivity contribution >= 4 is 23.2 Å². The average molecular weight is 527 g/mol. The highest BCUT2D eigenvalue weighted by Gasteiger charge is 2.23. The first kappa shape index (κ1) is 28.0. The third kappa shape index (κ3) is 7.96. The first-order valence-corrected chi connectivity index (χ1v) is 12.8. The molecule has 2 aromatic carbocycles. The van der Waals surface area contributed by atoms with Crippen molar-refractivity contribution < 1.29 is 28.5 Å². The number of methoxy groups -OCH3 is 4. The zero-order valence-electron chi connectivity index (χ0n) is 21.8. The standard InChI is InChI=1S/C28H34N2O6S/c1-33-16-15-30(28(32)22-8-10-23(34-2)11-9-22)20-27(31)29(19-24-6-5-17-37-24)14-13-21-7-12-25(35-3)26(18-21)36-4/h5-12,17-18H,13-16,19-20H2,1-4H3. The second-order valence-electron chi connectivity index (χ2n) is 8.28. The highest BCUT2D eigenvalue weighted by atomic mass is 32.1. The Morgan fingerprint density at radius 3 is 2.22 bits per heavy atom. The van der Waals surface area contributed by atoms with Gasteiger partial charge in [-0.05, 0) is 59.8 Å². The molecule has 1 heterocycles. The number of amides is 2. The van der Waals surface area contributed by atoms with Crippen LogP contribution in [0.5, 0.6) is 17.2 Å². The fraction of sp³-hybridized carbons (Fsp3) is 0.357. The molecule has 3 rings (SSSR count). The third-order valence-corrected chi connectivity index (χ3v) is 6.77. The highest BCUT2D eigenvalue weighted by molar-refractivity contribution is 7.09. The van der Waals surface area contributed by atoms with Gasteiger partial charge >= 0.3 is 0 Å². The third-order valence-electron chi connectivity index (χ3n) is 5.91. The van der Waals surface area contributed by atoms with Gasteiger partial charge in [0.25, 0.3) is 5.91 Å². The van der Waals surface area contributed by atoms with Crippen LogP contribution in [-0.4, -0.2) is 76.3 Å². The van der Waals surface area contributed by atoms with Crippen LogP contribution < -0.4 is 14.2 Å². The molecule has 2 amide bonds. The van der Waals surface area contributed by atoms with Gasteiger partial charge in [0.15, 0.2) is 11.5 Å². The van der Waals surface area contributed by atoms with E-state index in [4.69, 9.17) is 18.9 Å². The van der Waals surface area contributed by atoms with Crippen LogP contribution in [-0.2, 0) is 22.5 Å².